The molecule has 30 heavy (non-hydrogen) atoms. The van der Waals surface area contributed by atoms with E-state index in [0.29, 0.717) is 22.5 Å². The van der Waals surface area contributed by atoms with Gasteiger partial charge in [0.1, 0.15) is 23.5 Å². The first kappa shape index (κ1) is 24.5. The predicted octanol–water partition coefficient (Wildman–Crippen LogP) is 3.49. The number of aromatic nitrogens is 2. The minimum atomic E-state index is -0.0641. The second-order valence-electron chi connectivity index (χ2n) is 7.41. The molecule has 2 rings (SSSR count). The number of allylic oxidation sites excluding steroid dienone is 1. The third-order valence-electron chi connectivity index (χ3n) is 5.20. The van der Waals surface area contributed by atoms with E-state index in [1.165, 1.54) is 13.0 Å². The van der Waals surface area contributed by atoms with Crippen LogP contribution >= 0.6 is 0 Å². The quantitative estimate of drug-likeness (QED) is 0.571. The molecule has 7 heteroatoms. The lowest BCUT2D eigenvalue weighted by atomic mass is 10.1. The first-order valence-corrected chi connectivity index (χ1v) is 9.42. The van der Waals surface area contributed by atoms with Crippen LogP contribution in [0.15, 0.2) is 12.3 Å². The normalized spacial score (nSPS) is 10.2. The van der Waals surface area contributed by atoms with Gasteiger partial charge >= 0.3 is 0 Å². The van der Waals surface area contributed by atoms with Crippen LogP contribution in [0.2, 0.25) is 0 Å². The lowest BCUT2D eigenvalue weighted by molar-refractivity contribution is 0.101. The average molecular weight is 408 g/mol. The summed E-state index contributed by atoms with van der Waals surface area (Å²) in [5, 5.41) is 17.9. The zero-order valence-electron chi connectivity index (χ0n) is 19.2. The molecule has 7 nitrogen and oxygen atoms in total. The van der Waals surface area contributed by atoms with Crippen molar-refractivity contribution in [3.05, 3.63) is 57.3 Å². The van der Waals surface area contributed by atoms with Gasteiger partial charge in [-0.1, -0.05) is 0 Å². The summed E-state index contributed by atoms with van der Waals surface area (Å²) in [6.45, 7) is 8.84. The number of carbonyl (C=O) groups is 2. The Labute approximate surface area is 178 Å². The molecule has 158 valence electrons. The van der Waals surface area contributed by atoms with Crippen LogP contribution in [0.1, 0.15) is 61.5 Å². The third-order valence-corrected chi connectivity index (χ3v) is 5.20. The number of hydrogen-bond donors (Lipinski definition) is 0. The van der Waals surface area contributed by atoms with E-state index in [9.17, 15) is 9.59 Å². The van der Waals surface area contributed by atoms with Crippen LogP contribution in [0.3, 0.4) is 0 Å². The summed E-state index contributed by atoms with van der Waals surface area (Å²) in [5.41, 5.74) is 5.65. The fourth-order valence-electron chi connectivity index (χ4n) is 3.45. The number of Topliss-reactive ketones (excluding diaryl/α,β-unsaturated/α-hetero) is 1. The van der Waals surface area contributed by atoms with Crippen molar-refractivity contribution in [3.63, 3.8) is 0 Å². The van der Waals surface area contributed by atoms with Gasteiger partial charge in [-0.05, 0) is 45.7 Å². The Morgan fingerprint density at radius 2 is 1.27 bits per heavy atom. The van der Waals surface area contributed by atoms with Crippen molar-refractivity contribution >= 4 is 11.6 Å². The highest BCUT2D eigenvalue weighted by atomic mass is 16.1. The standard InChI is InChI=1S/C13H17N3O.C10H12N2O/c1-9-11(8-14)16(5)10(2)13(9)12(17)6-7-15(3)4;1-6-9(5-11)12(4)7(2)10(6)8(3)13/h6-7H,1-5H3;1-4H3. The first-order chi connectivity index (χ1) is 13.9. The molecule has 0 atom stereocenters. The number of carbonyl (C=O) groups excluding carboxylic acids is 2. The Kier molecular flexibility index (Phi) is 7.95. The zero-order chi connectivity index (χ0) is 23.3. The van der Waals surface area contributed by atoms with Crippen molar-refractivity contribution in [1.29, 1.82) is 10.5 Å². The van der Waals surface area contributed by atoms with Gasteiger partial charge in [0.25, 0.3) is 0 Å². The summed E-state index contributed by atoms with van der Waals surface area (Å²) < 4.78 is 3.51. The second kappa shape index (κ2) is 9.76. The highest BCUT2D eigenvalue weighted by Crippen LogP contribution is 2.21. The number of hydrogen-bond acceptors (Lipinski definition) is 5. The lowest BCUT2D eigenvalue weighted by Gasteiger charge is -2.03. The van der Waals surface area contributed by atoms with Gasteiger partial charge in [-0.3, -0.25) is 9.59 Å². The summed E-state index contributed by atoms with van der Waals surface area (Å²) in [5.74, 6) is -0.0436. The molecular formula is C23H29N5O2. The fraction of sp³-hybridized carbons (Fsp3) is 0.391. The van der Waals surface area contributed by atoms with E-state index in [2.05, 4.69) is 12.1 Å². The van der Waals surface area contributed by atoms with Gasteiger partial charge in [0.2, 0.25) is 0 Å². The van der Waals surface area contributed by atoms with Crippen LogP contribution in [0.5, 0.6) is 0 Å². The molecule has 0 aliphatic heterocycles. The highest BCUT2D eigenvalue weighted by Gasteiger charge is 2.19. The number of ketones is 2. The highest BCUT2D eigenvalue weighted by molar-refractivity contribution is 6.06. The molecule has 0 aliphatic carbocycles. The lowest BCUT2D eigenvalue weighted by Crippen LogP contribution is -2.04. The molecule has 0 amide bonds. The summed E-state index contributed by atoms with van der Waals surface area (Å²) >= 11 is 0. The topological polar surface area (TPSA) is 94.8 Å². The molecule has 0 unspecified atom stereocenters. The molecule has 0 saturated heterocycles. The Hall–Kier alpha value is -3.58. The van der Waals surface area contributed by atoms with Crippen molar-refractivity contribution < 1.29 is 9.59 Å². The largest absolute Gasteiger partial charge is 0.383 e. The Bertz CT molecular complexity index is 1100. The van der Waals surface area contributed by atoms with E-state index >= 15 is 0 Å². The zero-order valence-corrected chi connectivity index (χ0v) is 19.2. The minimum Gasteiger partial charge on any atom is -0.383 e. The minimum absolute atomic E-state index is 0.0205. The van der Waals surface area contributed by atoms with Crippen molar-refractivity contribution in [3.8, 4) is 12.1 Å². The van der Waals surface area contributed by atoms with E-state index in [1.54, 1.807) is 34.3 Å². The Morgan fingerprint density at radius 1 is 0.867 bits per heavy atom. The Balaban J connectivity index is 0.000000311. The van der Waals surface area contributed by atoms with Crippen molar-refractivity contribution in [2.75, 3.05) is 14.1 Å². The maximum absolute atomic E-state index is 12.0. The number of nitriles is 2. The van der Waals surface area contributed by atoms with Gasteiger partial charge < -0.3 is 14.0 Å². The van der Waals surface area contributed by atoms with Gasteiger partial charge in [-0.2, -0.15) is 10.5 Å². The molecule has 2 aromatic heterocycles. The molecule has 0 spiro atoms. The van der Waals surface area contributed by atoms with Crippen LogP contribution in [-0.4, -0.2) is 39.7 Å². The molecular weight excluding hydrogens is 378 g/mol. The van der Waals surface area contributed by atoms with Crippen molar-refractivity contribution in [2.24, 2.45) is 14.1 Å². The van der Waals surface area contributed by atoms with Crippen molar-refractivity contribution in [2.45, 2.75) is 34.6 Å². The Morgan fingerprint density at radius 3 is 1.57 bits per heavy atom. The monoisotopic (exact) mass is 407 g/mol. The molecule has 0 aromatic carbocycles. The van der Waals surface area contributed by atoms with Gasteiger partial charge in [0.05, 0.1) is 0 Å². The molecule has 2 heterocycles. The van der Waals surface area contributed by atoms with Crippen LogP contribution in [0.25, 0.3) is 0 Å². The van der Waals surface area contributed by atoms with Gasteiger partial charge in [0.15, 0.2) is 11.6 Å². The maximum atomic E-state index is 12.0. The van der Waals surface area contributed by atoms with E-state index < -0.39 is 0 Å². The van der Waals surface area contributed by atoms with Crippen molar-refractivity contribution in [1.82, 2.24) is 14.0 Å². The SMILES string of the molecule is CC(=O)c1c(C)c(C#N)n(C)c1C.Cc1c(C(=O)C=CN(C)C)c(C)n(C)c1C#N. The van der Waals surface area contributed by atoms with Crippen LogP contribution in [-0.2, 0) is 14.1 Å². The molecule has 0 fully saturated rings. The first-order valence-electron chi connectivity index (χ1n) is 9.42. The number of nitrogens with zero attached hydrogens (tertiary/aromatic N) is 5. The van der Waals surface area contributed by atoms with E-state index in [-0.39, 0.29) is 11.6 Å². The molecule has 0 saturated carbocycles. The van der Waals surface area contributed by atoms with E-state index in [0.717, 1.165) is 22.5 Å². The van der Waals surface area contributed by atoms with Crippen LogP contribution < -0.4 is 0 Å². The summed E-state index contributed by atoms with van der Waals surface area (Å²) in [4.78, 5) is 25.1. The molecule has 0 bridgehead atoms. The summed E-state index contributed by atoms with van der Waals surface area (Å²) in [6.07, 6.45) is 3.23. The van der Waals surface area contributed by atoms with Gasteiger partial charge in [-0.25, -0.2) is 0 Å². The average Bonchev–Trinajstić information content (AvgIpc) is 3.02. The van der Waals surface area contributed by atoms with Crippen LogP contribution in [0, 0.1) is 50.4 Å². The molecule has 0 radical (unpaired) electrons. The smallest absolute Gasteiger partial charge is 0.189 e. The summed E-state index contributed by atoms with van der Waals surface area (Å²) in [6, 6.07) is 4.21. The number of rotatable bonds is 4. The second-order valence-corrected chi connectivity index (χ2v) is 7.41. The van der Waals surface area contributed by atoms with E-state index in [1.807, 2.05) is 41.8 Å². The molecule has 2 aromatic rings. The van der Waals surface area contributed by atoms with Gasteiger partial charge in [-0.15, -0.1) is 0 Å². The van der Waals surface area contributed by atoms with Gasteiger partial charge in [0, 0.05) is 63.0 Å². The van der Waals surface area contributed by atoms with Crippen LogP contribution in [0.4, 0.5) is 0 Å². The van der Waals surface area contributed by atoms with E-state index in [4.69, 9.17) is 10.5 Å². The maximum Gasteiger partial charge on any atom is 0.189 e. The fourth-order valence-corrected chi connectivity index (χ4v) is 3.45. The summed E-state index contributed by atoms with van der Waals surface area (Å²) in [7, 11) is 7.31. The predicted molar refractivity (Wildman–Crippen MR) is 116 cm³/mol. The molecule has 0 aliphatic rings. The molecule has 0 N–H and O–H groups in total. The third kappa shape index (κ3) is 4.69.